The minimum absolute atomic E-state index is 0.0204. The average Bonchev–Trinajstić information content (AvgIpc) is 2.89. The van der Waals surface area contributed by atoms with Gasteiger partial charge in [0, 0.05) is 38.1 Å². The Hall–Kier alpha value is -0.880. The lowest BCUT2D eigenvalue weighted by Gasteiger charge is -2.18. The van der Waals surface area contributed by atoms with E-state index in [4.69, 9.17) is 4.74 Å². The Kier molecular flexibility index (Phi) is 5.39. The fourth-order valence-electron chi connectivity index (χ4n) is 2.28. The van der Waals surface area contributed by atoms with E-state index in [1.165, 1.54) is 4.68 Å². The maximum atomic E-state index is 12.0. The van der Waals surface area contributed by atoms with Crippen LogP contribution in [0.5, 0.6) is 0 Å². The maximum absolute atomic E-state index is 12.0. The van der Waals surface area contributed by atoms with E-state index >= 15 is 0 Å². The lowest BCUT2D eigenvalue weighted by Crippen LogP contribution is -2.27. The first-order chi connectivity index (χ1) is 9.24. The maximum Gasteiger partial charge on any atom is 0.268 e. The molecule has 0 N–H and O–H groups in total. The molecule has 1 aromatic rings. The smallest absolute Gasteiger partial charge is 0.268 e. The summed E-state index contributed by atoms with van der Waals surface area (Å²) in [4.78, 5) is 14.1. The largest absolute Gasteiger partial charge is 0.380 e. The first-order valence-corrected chi connectivity index (χ1v) is 7.77. The Morgan fingerprint density at radius 2 is 2.37 bits per heavy atom. The zero-order valence-corrected chi connectivity index (χ0v) is 12.8. The van der Waals surface area contributed by atoms with Crippen molar-refractivity contribution in [2.75, 3.05) is 30.4 Å². The van der Waals surface area contributed by atoms with Gasteiger partial charge in [0.05, 0.1) is 18.0 Å². The second-order valence-electron chi connectivity index (χ2n) is 4.76. The summed E-state index contributed by atoms with van der Waals surface area (Å²) < 4.78 is 6.87. The summed E-state index contributed by atoms with van der Waals surface area (Å²) in [5, 5.41) is 5.22. The summed E-state index contributed by atoms with van der Waals surface area (Å²) in [7, 11) is 1.73. The van der Waals surface area contributed by atoms with Crippen LogP contribution in [-0.2, 0) is 11.3 Å². The number of unbranched alkanes of at least 4 members (excludes halogenated alkanes) is 1. The van der Waals surface area contributed by atoms with E-state index in [-0.39, 0.29) is 11.7 Å². The standard InChI is InChI=1S/C13H20BrN3O2/c1-19-12-4-7-16(10-12)11-8-13(18)17(15-9-11)6-3-2-5-14/h8-9,12H,2-7,10H2,1H3. The highest BCUT2D eigenvalue weighted by Crippen LogP contribution is 2.19. The third kappa shape index (κ3) is 3.79. The van der Waals surface area contributed by atoms with Crippen LogP contribution >= 0.6 is 15.9 Å². The Morgan fingerprint density at radius 3 is 3.00 bits per heavy atom. The number of alkyl halides is 1. The van der Waals surface area contributed by atoms with Crippen LogP contribution in [0, 0.1) is 0 Å². The number of aromatic nitrogens is 2. The molecule has 1 saturated heterocycles. The fraction of sp³-hybridized carbons (Fsp3) is 0.692. The molecule has 1 unspecified atom stereocenters. The average molecular weight is 330 g/mol. The van der Waals surface area contributed by atoms with Gasteiger partial charge in [0.25, 0.3) is 5.56 Å². The number of nitrogens with zero attached hydrogens (tertiary/aromatic N) is 3. The van der Waals surface area contributed by atoms with Gasteiger partial charge >= 0.3 is 0 Å². The van der Waals surface area contributed by atoms with E-state index in [1.54, 1.807) is 19.4 Å². The van der Waals surface area contributed by atoms with Gasteiger partial charge in [0.2, 0.25) is 0 Å². The fourth-order valence-corrected chi connectivity index (χ4v) is 2.67. The van der Waals surface area contributed by atoms with Crippen LogP contribution in [0.4, 0.5) is 5.69 Å². The van der Waals surface area contributed by atoms with E-state index in [1.807, 2.05) is 0 Å². The van der Waals surface area contributed by atoms with Crippen molar-refractivity contribution < 1.29 is 4.74 Å². The van der Waals surface area contributed by atoms with E-state index in [0.29, 0.717) is 6.54 Å². The number of anilines is 1. The number of ether oxygens (including phenoxy) is 1. The number of hydrogen-bond donors (Lipinski definition) is 0. The lowest BCUT2D eigenvalue weighted by molar-refractivity contribution is 0.121. The zero-order chi connectivity index (χ0) is 13.7. The minimum Gasteiger partial charge on any atom is -0.380 e. The van der Waals surface area contributed by atoms with Gasteiger partial charge < -0.3 is 9.64 Å². The van der Waals surface area contributed by atoms with E-state index < -0.39 is 0 Å². The second-order valence-corrected chi connectivity index (χ2v) is 5.56. The van der Waals surface area contributed by atoms with Crippen LogP contribution in [0.15, 0.2) is 17.1 Å². The summed E-state index contributed by atoms with van der Waals surface area (Å²) >= 11 is 3.38. The molecule has 0 radical (unpaired) electrons. The molecule has 0 aliphatic carbocycles. The number of aryl methyl sites for hydroxylation is 1. The lowest BCUT2D eigenvalue weighted by atomic mass is 10.3. The van der Waals surface area contributed by atoms with Crippen molar-refractivity contribution in [2.24, 2.45) is 0 Å². The highest BCUT2D eigenvalue weighted by Gasteiger charge is 2.22. The van der Waals surface area contributed by atoms with E-state index in [9.17, 15) is 4.79 Å². The SMILES string of the molecule is COC1CCN(c2cnn(CCCCBr)c(=O)c2)C1. The van der Waals surface area contributed by atoms with Crippen molar-refractivity contribution >= 4 is 21.6 Å². The summed E-state index contributed by atoms with van der Waals surface area (Å²) in [5.41, 5.74) is 0.884. The molecule has 2 heterocycles. The molecule has 0 aromatic carbocycles. The Bertz CT molecular complexity index is 463. The van der Waals surface area contributed by atoms with Crippen LogP contribution < -0.4 is 10.5 Å². The molecule has 1 fully saturated rings. The van der Waals surface area contributed by atoms with Crippen molar-refractivity contribution in [3.63, 3.8) is 0 Å². The molecular formula is C13H20BrN3O2. The molecular weight excluding hydrogens is 310 g/mol. The van der Waals surface area contributed by atoms with Crippen molar-refractivity contribution in [1.82, 2.24) is 9.78 Å². The zero-order valence-electron chi connectivity index (χ0n) is 11.2. The first kappa shape index (κ1) is 14.5. The molecule has 1 aliphatic heterocycles. The third-order valence-corrected chi connectivity index (χ3v) is 4.01. The molecule has 0 amide bonds. The van der Waals surface area contributed by atoms with E-state index in [0.717, 1.165) is 43.4 Å². The number of hydrogen-bond acceptors (Lipinski definition) is 4. The monoisotopic (exact) mass is 329 g/mol. The van der Waals surface area contributed by atoms with Crippen molar-refractivity contribution in [3.05, 3.63) is 22.6 Å². The van der Waals surface area contributed by atoms with Crippen LogP contribution in [0.3, 0.4) is 0 Å². The Balaban J connectivity index is 2.00. The summed E-state index contributed by atoms with van der Waals surface area (Å²) in [6.07, 6.45) is 5.07. The number of halogens is 1. The molecule has 0 saturated carbocycles. The predicted molar refractivity (Wildman–Crippen MR) is 79.2 cm³/mol. The molecule has 2 rings (SSSR count). The highest BCUT2D eigenvalue weighted by atomic mass is 79.9. The summed E-state index contributed by atoms with van der Waals surface area (Å²) in [5.74, 6) is 0. The molecule has 1 aliphatic rings. The molecule has 0 bridgehead atoms. The van der Waals surface area contributed by atoms with Gasteiger partial charge in [-0.15, -0.1) is 0 Å². The highest BCUT2D eigenvalue weighted by molar-refractivity contribution is 9.09. The Morgan fingerprint density at radius 1 is 1.53 bits per heavy atom. The first-order valence-electron chi connectivity index (χ1n) is 6.65. The second kappa shape index (κ2) is 7.05. The van der Waals surface area contributed by atoms with Crippen molar-refractivity contribution in [3.8, 4) is 0 Å². The molecule has 0 spiro atoms. The van der Waals surface area contributed by atoms with Crippen LogP contribution in [-0.4, -0.2) is 41.4 Å². The van der Waals surface area contributed by atoms with Gasteiger partial charge in [-0.1, -0.05) is 15.9 Å². The molecule has 1 aromatic heterocycles. The molecule has 1 atom stereocenters. The van der Waals surface area contributed by atoms with Gasteiger partial charge in [-0.3, -0.25) is 4.79 Å². The third-order valence-electron chi connectivity index (χ3n) is 3.45. The van der Waals surface area contributed by atoms with Gasteiger partial charge in [-0.25, -0.2) is 4.68 Å². The van der Waals surface area contributed by atoms with Crippen molar-refractivity contribution in [2.45, 2.75) is 31.9 Å². The molecule has 106 valence electrons. The van der Waals surface area contributed by atoms with Crippen molar-refractivity contribution in [1.29, 1.82) is 0 Å². The van der Waals surface area contributed by atoms with Crippen LogP contribution in [0.25, 0.3) is 0 Å². The summed E-state index contributed by atoms with van der Waals surface area (Å²) in [6, 6.07) is 1.68. The Labute approximate surface area is 121 Å². The van der Waals surface area contributed by atoms with Gasteiger partial charge in [-0.05, 0) is 19.3 Å². The quantitative estimate of drug-likeness (QED) is 0.588. The van der Waals surface area contributed by atoms with Gasteiger partial charge in [0.15, 0.2) is 0 Å². The molecule has 19 heavy (non-hydrogen) atoms. The number of rotatable bonds is 6. The normalized spacial score (nSPS) is 19.1. The van der Waals surface area contributed by atoms with Gasteiger partial charge in [0.1, 0.15) is 0 Å². The summed E-state index contributed by atoms with van der Waals surface area (Å²) in [6.45, 7) is 2.45. The topological polar surface area (TPSA) is 47.4 Å². The molecule has 6 heteroatoms. The van der Waals surface area contributed by atoms with E-state index in [2.05, 4.69) is 25.9 Å². The van der Waals surface area contributed by atoms with Crippen LogP contribution in [0.1, 0.15) is 19.3 Å². The van der Waals surface area contributed by atoms with Gasteiger partial charge in [-0.2, -0.15) is 5.10 Å². The predicted octanol–water partition coefficient (Wildman–Crippen LogP) is 1.64. The van der Waals surface area contributed by atoms with Crippen LogP contribution in [0.2, 0.25) is 0 Å². The number of methoxy groups -OCH3 is 1. The minimum atomic E-state index is -0.0204. The molecule has 5 nitrogen and oxygen atoms in total.